The van der Waals surface area contributed by atoms with Gasteiger partial charge in [-0.2, -0.15) is 13.2 Å². The molecule has 0 aliphatic carbocycles. The van der Waals surface area contributed by atoms with E-state index < -0.39 is 50.2 Å². The van der Waals surface area contributed by atoms with Crippen molar-refractivity contribution in [3.05, 3.63) is 65.4 Å². The number of hydrogen-bond donors (Lipinski definition) is 0. The van der Waals surface area contributed by atoms with Crippen LogP contribution in [0.2, 0.25) is 5.02 Å². The molecule has 0 aromatic heterocycles. The number of nitrogens with zero attached hydrogens (tertiary/aromatic N) is 3. The molecule has 144 valence electrons. The van der Waals surface area contributed by atoms with E-state index in [1.54, 1.807) is 0 Å². The molecule has 0 aliphatic rings. The van der Waals surface area contributed by atoms with Gasteiger partial charge in [-0.3, -0.25) is 20.2 Å². The van der Waals surface area contributed by atoms with Gasteiger partial charge < -0.3 is 4.90 Å². The summed E-state index contributed by atoms with van der Waals surface area (Å²) in [5.41, 5.74) is -5.52. The van der Waals surface area contributed by atoms with Crippen molar-refractivity contribution in [1.29, 1.82) is 0 Å². The van der Waals surface area contributed by atoms with Gasteiger partial charge in [0.05, 0.1) is 27.2 Å². The van der Waals surface area contributed by atoms with Gasteiger partial charge in [-0.1, -0.05) is 11.6 Å². The second-order valence-electron chi connectivity index (χ2n) is 5.15. The van der Waals surface area contributed by atoms with Crippen LogP contribution in [0.3, 0.4) is 0 Å². The minimum atomic E-state index is -5.18. The number of halogens is 6. The molecule has 0 bridgehead atoms. The summed E-state index contributed by atoms with van der Waals surface area (Å²) in [4.78, 5) is 20.4. The summed E-state index contributed by atoms with van der Waals surface area (Å²) in [5.74, 6) is -1.06. The molecule has 2 aromatic carbocycles. The first kappa shape index (κ1) is 20.8. The molecule has 0 atom stereocenters. The highest BCUT2D eigenvalue weighted by atomic mass is 79.9. The van der Waals surface area contributed by atoms with Crippen LogP contribution in [0.25, 0.3) is 0 Å². The maximum Gasteiger partial charge on any atom is 0.418 e. The molecule has 0 saturated heterocycles. The summed E-state index contributed by atoms with van der Waals surface area (Å²) in [6.07, 6.45) is -5.18. The number of nitro benzene ring substituents is 2. The summed E-state index contributed by atoms with van der Waals surface area (Å²) in [6.45, 7) is 0. The first-order chi connectivity index (χ1) is 12.3. The highest BCUT2D eigenvalue weighted by molar-refractivity contribution is 9.10. The van der Waals surface area contributed by atoms with Gasteiger partial charge in [0.15, 0.2) is 0 Å². The number of benzene rings is 2. The van der Waals surface area contributed by atoms with Gasteiger partial charge in [0.1, 0.15) is 11.5 Å². The molecule has 7 nitrogen and oxygen atoms in total. The Labute approximate surface area is 161 Å². The number of nitro groups is 2. The molecule has 13 heteroatoms. The lowest BCUT2D eigenvalue weighted by molar-refractivity contribution is -0.394. The van der Waals surface area contributed by atoms with Crippen LogP contribution in [-0.2, 0) is 6.18 Å². The summed E-state index contributed by atoms with van der Waals surface area (Å²) < 4.78 is 54.7. The highest BCUT2D eigenvalue weighted by Gasteiger charge is 2.41. The molecule has 0 saturated carbocycles. The van der Waals surface area contributed by atoms with Gasteiger partial charge in [-0.05, 0) is 28.1 Å². The van der Waals surface area contributed by atoms with Crippen molar-refractivity contribution in [3.63, 3.8) is 0 Å². The lowest BCUT2D eigenvalue weighted by atomic mass is 10.1. The fraction of sp³-hybridized carbons (Fsp3) is 0.143. The number of anilines is 2. The molecule has 2 aromatic rings. The molecular formula is C14H7BrClF4N3O4. The van der Waals surface area contributed by atoms with Crippen LogP contribution in [0.4, 0.5) is 40.3 Å². The van der Waals surface area contributed by atoms with Gasteiger partial charge in [-0.15, -0.1) is 0 Å². The molecule has 0 fully saturated rings. The third kappa shape index (κ3) is 4.11. The third-order valence-electron chi connectivity index (χ3n) is 3.44. The van der Waals surface area contributed by atoms with Crippen molar-refractivity contribution in [3.8, 4) is 0 Å². The van der Waals surface area contributed by atoms with Gasteiger partial charge in [0, 0.05) is 22.6 Å². The monoisotopic (exact) mass is 471 g/mol. The van der Waals surface area contributed by atoms with Crippen LogP contribution in [-0.4, -0.2) is 16.9 Å². The molecular weight excluding hydrogens is 466 g/mol. The topological polar surface area (TPSA) is 89.5 Å². The summed E-state index contributed by atoms with van der Waals surface area (Å²) in [5, 5.41) is 22.1. The Kier molecular flexibility index (Phi) is 5.61. The highest BCUT2D eigenvalue weighted by Crippen LogP contribution is 2.47. The van der Waals surface area contributed by atoms with Crippen molar-refractivity contribution in [1.82, 2.24) is 0 Å². The Morgan fingerprint density at radius 1 is 1.07 bits per heavy atom. The van der Waals surface area contributed by atoms with Crippen LogP contribution in [0.5, 0.6) is 0 Å². The molecule has 0 heterocycles. The largest absolute Gasteiger partial charge is 0.418 e. The van der Waals surface area contributed by atoms with Gasteiger partial charge in [-0.25, -0.2) is 4.39 Å². The smallest absolute Gasteiger partial charge is 0.335 e. The van der Waals surface area contributed by atoms with E-state index >= 15 is 0 Å². The van der Waals surface area contributed by atoms with Crippen LogP contribution in [0.1, 0.15) is 5.56 Å². The average molecular weight is 473 g/mol. The predicted molar refractivity (Wildman–Crippen MR) is 91.9 cm³/mol. The maximum absolute atomic E-state index is 14.3. The molecule has 0 radical (unpaired) electrons. The third-order valence-corrected chi connectivity index (χ3v) is 4.26. The molecule has 0 aliphatic heterocycles. The van der Waals surface area contributed by atoms with E-state index in [2.05, 4.69) is 15.9 Å². The molecule has 2 rings (SSSR count). The Balaban J connectivity index is 2.90. The van der Waals surface area contributed by atoms with Crippen LogP contribution >= 0.6 is 27.5 Å². The van der Waals surface area contributed by atoms with Crippen molar-refractivity contribution in [2.75, 3.05) is 11.9 Å². The molecule has 0 unspecified atom stereocenters. The van der Waals surface area contributed by atoms with Gasteiger partial charge >= 0.3 is 6.18 Å². The summed E-state index contributed by atoms with van der Waals surface area (Å²) in [7, 11) is 0.959. The van der Waals surface area contributed by atoms with Gasteiger partial charge in [0.2, 0.25) is 0 Å². The standard InChI is InChI=1S/C14H7BrClF4N3O4/c1-21(13-9(15)2-6(16)3-10(13)17)12-8(14(18,19)20)4-7(22(24)25)5-11(12)23(26)27/h2-5H,1H3. The molecule has 0 amide bonds. The Bertz CT molecular complexity index is 932. The lowest BCUT2D eigenvalue weighted by Gasteiger charge is -2.24. The van der Waals surface area contributed by atoms with E-state index in [1.165, 1.54) is 6.07 Å². The van der Waals surface area contributed by atoms with E-state index in [1.807, 2.05) is 0 Å². The van der Waals surface area contributed by atoms with Crippen molar-refractivity contribution >= 4 is 50.3 Å². The lowest BCUT2D eigenvalue weighted by Crippen LogP contribution is -2.20. The van der Waals surface area contributed by atoms with Crippen LogP contribution in [0, 0.1) is 26.0 Å². The molecule has 0 N–H and O–H groups in total. The van der Waals surface area contributed by atoms with E-state index in [0.29, 0.717) is 11.0 Å². The average Bonchev–Trinajstić information content (AvgIpc) is 2.51. The Hall–Kier alpha value is -2.47. The van der Waals surface area contributed by atoms with Gasteiger partial charge in [0.25, 0.3) is 11.4 Å². The first-order valence-corrected chi connectivity index (χ1v) is 7.94. The summed E-state index contributed by atoms with van der Waals surface area (Å²) in [6, 6.07) is 2.52. The molecule has 27 heavy (non-hydrogen) atoms. The Morgan fingerprint density at radius 3 is 2.11 bits per heavy atom. The predicted octanol–water partition coefficient (Wildman–Crippen LogP) is 5.84. The summed E-state index contributed by atoms with van der Waals surface area (Å²) >= 11 is 8.61. The van der Waals surface area contributed by atoms with E-state index in [9.17, 15) is 37.8 Å². The normalized spacial score (nSPS) is 11.4. The second-order valence-corrected chi connectivity index (χ2v) is 6.44. The second kappa shape index (κ2) is 7.27. The number of alkyl halides is 3. The minimum absolute atomic E-state index is 0.0641. The van der Waals surface area contributed by atoms with Crippen molar-refractivity contribution < 1.29 is 27.4 Å². The van der Waals surface area contributed by atoms with Crippen molar-refractivity contribution in [2.45, 2.75) is 6.18 Å². The van der Waals surface area contributed by atoms with E-state index in [-0.39, 0.29) is 15.6 Å². The number of hydrogen-bond acceptors (Lipinski definition) is 5. The zero-order valence-electron chi connectivity index (χ0n) is 13.1. The fourth-order valence-corrected chi connectivity index (χ4v) is 3.42. The van der Waals surface area contributed by atoms with Crippen molar-refractivity contribution in [2.24, 2.45) is 0 Å². The van der Waals surface area contributed by atoms with Crippen LogP contribution < -0.4 is 4.90 Å². The molecule has 0 spiro atoms. The van der Waals surface area contributed by atoms with Crippen LogP contribution in [0.15, 0.2) is 28.7 Å². The quantitative estimate of drug-likeness (QED) is 0.317. The zero-order chi connectivity index (χ0) is 20.7. The maximum atomic E-state index is 14.3. The number of non-ortho nitro benzene ring substituents is 1. The zero-order valence-corrected chi connectivity index (χ0v) is 15.4. The fourth-order valence-electron chi connectivity index (χ4n) is 2.38. The number of rotatable bonds is 4. The van der Waals surface area contributed by atoms with E-state index in [0.717, 1.165) is 13.1 Å². The first-order valence-electron chi connectivity index (χ1n) is 6.77. The minimum Gasteiger partial charge on any atom is -0.335 e. The Morgan fingerprint density at radius 2 is 1.67 bits per heavy atom. The van der Waals surface area contributed by atoms with E-state index in [4.69, 9.17) is 11.6 Å². The SMILES string of the molecule is CN(c1c(F)cc(Cl)cc1Br)c1c([N+](=O)[O-])cc([N+](=O)[O-])cc1C(F)(F)F.